The number of aromatic nitrogens is 1. The minimum atomic E-state index is -0.514. The van der Waals surface area contributed by atoms with Crippen LogP contribution >= 0.6 is 0 Å². The van der Waals surface area contributed by atoms with E-state index in [1.807, 2.05) is 4.90 Å². The van der Waals surface area contributed by atoms with Crippen molar-refractivity contribution >= 4 is 23.0 Å². The van der Waals surface area contributed by atoms with Crippen molar-refractivity contribution in [1.29, 1.82) is 0 Å². The van der Waals surface area contributed by atoms with Crippen molar-refractivity contribution in [3.05, 3.63) is 23.8 Å². The maximum absolute atomic E-state index is 11.3. The molecule has 1 aromatic heterocycles. The molecule has 3 N–H and O–H groups in total. The Bertz CT molecular complexity index is 615. The van der Waals surface area contributed by atoms with E-state index in [0.29, 0.717) is 48.6 Å². The largest absolute Gasteiger partial charge is 0.423 e. The van der Waals surface area contributed by atoms with Crippen LogP contribution in [0.15, 0.2) is 22.6 Å². The van der Waals surface area contributed by atoms with Gasteiger partial charge in [-0.05, 0) is 25.0 Å². The number of amides is 1. The fourth-order valence-corrected chi connectivity index (χ4v) is 2.33. The molecule has 19 heavy (non-hydrogen) atoms. The summed E-state index contributed by atoms with van der Waals surface area (Å²) in [6.45, 7) is 1.39. The second kappa shape index (κ2) is 4.55. The summed E-state index contributed by atoms with van der Waals surface area (Å²) < 4.78 is 5.66. The number of fused-ring (bicyclic) bond motifs is 1. The van der Waals surface area contributed by atoms with Crippen molar-refractivity contribution in [2.45, 2.75) is 18.9 Å². The fourth-order valence-electron chi connectivity index (χ4n) is 2.33. The summed E-state index contributed by atoms with van der Waals surface area (Å²) in [6, 6.07) is 5.60. The number of aliphatic hydroxyl groups excluding tert-OH is 1. The number of nitrogens with two attached hydrogens (primary N) is 1. The highest BCUT2D eigenvalue weighted by molar-refractivity contribution is 6.03. The molecule has 2 heterocycles. The van der Waals surface area contributed by atoms with Gasteiger partial charge in [0.2, 0.25) is 0 Å². The van der Waals surface area contributed by atoms with Gasteiger partial charge >= 0.3 is 0 Å². The van der Waals surface area contributed by atoms with Crippen LogP contribution in [0.4, 0.5) is 6.01 Å². The van der Waals surface area contributed by atoms with Crippen LogP contribution in [0, 0.1) is 0 Å². The molecule has 1 aromatic carbocycles. The Labute approximate surface area is 109 Å². The summed E-state index contributed by atoms with van der Waals surface area (Å²) in [4.78, 5) is 17.7. The molecule has 0 saturated carbocycles. The Morgan fingerprint density at radius 3 is 2.84 bits per heavy atom. The van der Waals surface area contributed by atoms with E-state index in [1.165, 1.54) is 0 Å². The first-order valence-electron chi connectivity index (χ1n) is 6.27. The van der Waals surface area contributed by atoms with E-state index in [9.17, 15) is 9.90 Å². The highest BCUT2D eigenvalue weighted by atomic mass is 16.4. The highest BCUT2D eigenvalue weighted by Gasteiger charge is 2.22. The molecule has 0 unspecified atom stereocenters. The van der Waals surface area contributed by atoms with Gasteiger partial charge in [0, 0.05) is 13.1 Å². The number of carbonyl (C=O) groups is 1. The second-order valence-electron chi connectivity index (χ2n) is 4.73. The number of hydrogen-bond donors (Lipinski definition) is 2. The normalized spacial score (nSPS) is 17.0. The van der Waals surface area contributed by atoms with Gasteiger partial charge in [0.1, 0.15) is 5.52 Å². The molecule has 1 saturated heterocycles. The molecule has 1 aliphatic rings. The van der Waals surface area contributed by atoms with Gasteiger partial charge in [0.25, 0.3) is 11.9 Å². The summed E-state index contributed by atoms with van der Waals surface area (Å²) in [5.41, 5.74) is 6.73. The smallest absolute Gasteiger partial charge is 0.298 e. The third-order valence-corrected chi connectivity index (χ3v) is 3.41. The summed E-state index contributed by atoms with van der Waals surface area (Å²) in [7, 11) is 0. The first-order chi connectivity index (χ1) is 9.15. The molecule has 0 bridgehead atoms. The van der Waals surface area contributed by atoms with Gasteiger partial charge in [-0.1, -0.05) is 6.07 Å². The quantitative estimate of drug-likeness (QED) is 0.837. The highest BCUT2D eigenvalue weighted by Crippen LogP contribution is 2.26. The van der Waals surface area contributed by atoms with Crippen molar-refractivity contribution in [3.8, 4) is 0 Å². The van der Waals surface area contributed by atoms with Crippen molar-refractivity contribution in [1.82, 2.24) is 4.98 Å². The lowest BCUT2D eigenvalue weighted by molar-refractivity contribution is 0.100. The van der Waals surface area contributed by atoms with Gasteiger partial charge in [-0.25, -0.2) is 0 Å². The van der Waals surface area contributed by atoms with Gasteiger partial charge in [0.05, 0.1) is 11.7 Å². The first-order valence-corrected chi connectivity index (χ1v) is 6.27. The minimum Gasteiger partial charge on any atom is -0.423 e. The topological polar surface area (TPSA) is 92.6 Å². The Hall–Kier alpha value is -2.08. The number of anilines is 1. The maximum atomic E-state index is 11.3. The number of aliphatic hydroxyl groups is 1. The Balaban J connectivity index is 1.98. The number of benzene rings is 1. The molecule has 6 heteroatoms. The number of piperidine rings is 1. The van der Waals surface area contributed by atoms with Crippen LogP contribution in [-0.4, -0.2) is 35.2 Å². The summed E-state index contributed by atoms with van der Waals surface area (Å²) in [5.74, 6) is -0.514. The van der Waals surface area contributed by atoms with Crippen LogP contribution in [0.3, 0.4) is 0 Å². The third kappa shape index (κ3) is 2.15. The molecule has 0 spiro atoms. The van der Waals surface area contributed by atoms with E-state index in [2.05, 4.69) is 4.98 Å². The first kappa shape index (κ1) is 12.0. The maximum Gasteiger partial charge on any atom is 0.298 e. The van der Waals surface area contributed by atoms with Gasteiger partial charge in [-0.15, -0.1) is 0 Å². The Morgan fingerprint density at radius 2 is 2.16 bits per heavy atom. The van der Waals surface area contributed by atoms with E-state index in [1.54, 1.807) is 18.2 Å². The van der Waals surface area contributed by atoms with Crippen LogP contribution in [0.1, 0.15) is 23.2 Å². The lowest BCUT2D eigenvalue weighted by atomic mass is 10.1. The predicted molar refractivity (Wildman–Crippen MR) is 70.0 cm³/mol. The molecule has 0 radical (unpaired) electrons. The molecule has 0 aliphatic carbocycles. The van der Waals surface area contributed by atoms with E-state index in [-0.39, 0.29) is 6.10 Å². The third-order valence-electron chi connectivity index (χ3n) is 3.41. The number of primary amides is 1. The minimum absolute atomic E-state index is 0.248. The molecule has 1 aliphatic heterocycles. The monoisotopic (exact) mass is 261 g/mol. The lowest BCUT2D eigenvalue weighted by Crippen LogP contribution is -2.35. The number of hydrogen-bond acceptors (Lipinski definition) is 5. The van der Waals surface area contributed by atoms with Crippen LogP contribution in [0.25, 0.3) is 11.1 Å². The number of nitrogens with zero attached hydrogens (tertiary/aromatic N) is 2. The number of para-hydroxylation sites is 1. The molecule has 0 atom stereocenters. The zero-order valence-corrected chi connectivity index (χ0v) is 10.4. The van der Waals surface area contributed by atoms with Crippen LogP contribution in [0.2, 0.25) is 0 Å². The Kier molecular flexibility index (Phi) is 2.87. The van der Waals surface area contributed by atoms with Gasteiger partial charge in [-0.3, -0.25) is 4.79 Å². The van der Waals surface area contributed by atoms with Gasteiger partial charge < -0.3 is 20.2 Å². The van der Waals surface area contributed by atoms with E-state index in [4.69, 9.17) is 10.2 Å². The van der Waals surface area contributed by atoms with E-state index >= 15 is 0 Å². The molecule has 100 valence electrons. The van der Waals surface area contributed by atoms with Gasteiger partial charge in [-0.2, -0.15) is 4.98 Å². The molecular formula is C13H15N3O3. The van der Waals surface area contributed by atoms with Crippen LogP contribution in [-0.2, 0) is 0 Å². The SMILES string of the molecule is NC(=O)c1cccc2oc(N3CCC(O)CC3)nc12. The average molecular weight is 261 g/mol. The van der Waals surface area contributed by atoms with Crippen molar-refractivity contribution in [3.63, 3.8) is 0 Å². The molecule has 1 fully saturated rings. The van der Waals surface area contributed by atoms with Gasteiger partial charge in [0.15, 0.2) is 5.58 Å². The fraction of sp³-hybridized carbons (Fsp3) is 0.385. The van der Waals surface area contributed by atoms with E-state index in [0.717, 1.165) is 0 Å². The zero-order valence-electron chi connectivity index (χ0n) is 10.4. The number of rotatable bonds is 2. The molecule has 3 rings (SSSR count). The standard InChI is InChI=1S/C13H15N3O3/c14-12(18)9-2-1-3-10-11(9)15-13(19-10)16-6-4-8(17)5-7-16/h1-3,8,17H,4-7H2,(H2,14,18). The molecular weight excluding hydrogens is 246 g/mol. The Morgan fingerprint density at radius 1 is 1.42 bits per heavy atom. The van der Waals surface area contributed by atoms with Crippen molar-refractivity contribution < 1.29 is 14.3 Å². The van der Waals surface area contributed by atoms with Crippen LogP contribution < -0.4 is 10.6 Å². The number of oxazole rings is 1. The molecule has 2 aromatic rings. The van der Waals surface area contributed by atoms with E-state index < -0.39 is 5.91 Å². The average Bonchev–Trinajstić information content (AvgIpc) is 2.82. The summed E-state index contributed by atoms with van der Waals surface area (Å²) in [5, 5.41) is 9.49. The second-order valence-corrected chi connectivity index (χ2v) is 4.73. The zero-order chi connectivity index (χ0) is 13.4. The molecule has 6 nitrogen and oxygen atoms in total. The summed E-state index contributed by atoms with van der Waals surface area (Å²) >= 11 is 0. The number of carbonyl (C=O) groups excluding carboxylic acids is 1. The van der Waals surface area contributed by atoms with Crippen LogP contribution in [0.5, 0.6) is 0 Å². The van der Waals surface area contributed by atoms with Crippen molar-refractivity contribution in [2.24, 2.45) is 5.73 Å². The summed E-state index contributed by atoms with van der Waals surface area (Å²) in [6.07, 6.45) is 1.14. The molecule has 1 amide bonds. The predicted octanol–water partition coefficient (Wildman–Crippen LogP) is 0.888. The lowest BCUT2D eigenvalue weighted by Gasteiger charge is -2.27. The van der Waals surface area contributed by atoms with Crippen molar-refractivity contribution in [2.75, 3.05) is 18.0 Å².